The van der Waals surface area contributed by atoms with Gasteiger partial charge in [-0.2, -0.15) is 0 Å². The Morgan fingerprint density at radius 1 is 1.04 bits per heavy atom. The Morgan fingerprint density at radius 2 is 1.81 bits per heavy atom. The minimum atomic E-state index is 0.410. The molecule has 4 rings (SSSR count). The summed E-state index contributed by atoms with van der Waals surface area (Å²) in [6.45, 7) is 3.99. The Hall–Kier alpha value is -2.90. The topological polar surface area (TPSA) is 88.8 Å². The van der Waals surface area contributed by atoms with E-state index in [1.54, 1.807) is 11.3 Å². The molecule has 2 aromatic carbocycles. The Kier molecular flexibility index (Phi) is 4.55. The van der Waals surface area contributed by atoms with Gasteiger partial charge in [-0.05, 0) is 49.2 Å². The molecular weight excluding hydrogens is 380 g/mol. The first-order chi connectivity index (χ1) is 13.0. The summed E-state index contributed by atoms with van der Waals surface area (Å²) in [5.41, 5.74) is 10.6. The molecule has 0 bridgehead atoms. The lowest BCUT2D eigenvalue weighted by molar-refractivity contribution is 1.17. The Balaban J connectivity index is 1.64. The van der Waals surface area contributed by atoms with Crippen LogP contribution in [0.1, 0.15) is 11.1 Å². The van der Waals surface area contributed by atoms with Crippen molar-refractivity contribution in [3.05, 3.63) is 58.9 Å². The molecule has 4 N–H and O–H groups in total. The van der Waals surface area contributed by atoms with Gasteiger partial charge in [0.1, 0.15) is 12.0 Å². The fraction of sp³-hybridized carbons (Fsp3) is 0.105. The van der Waals surface area contributed by atoms with Crippen molar-refractivity contribution >= 4 is 61.3 Å². The van der Waals surface area contributed by atoms with Crippen molar-refractivity contribution in [3.63, 3.8) is 0 Å². The quantitative estimate of drug-likeness (QED) is 0.426. The molecule has 27 heavy (non-hydrogen) atoms. The van der Waals surface area contributed by atoms with Crippen LogP contribution in [0.15, 0.2) is 42.7 Å². The highest BCUT2D eigenvalue weighted by atomic mass is 35.5. The van der Waals surface area contributed by atoms with Crippen molar-refractivity contribution in [1.29, 1.82) is 0 Å². The van der Waals surface area contributed by atoms with Crippen molar-refractivity contribution in [2.45, 2.75) is 13.8 Å². The smallest absolute Gasteiger partial charge is 0.189 e. The third kappa shape index (κ3) is 3.51. The number of nitrogens with two attached hydrogens (primary N) is 1. The molecule has 0 saturated carbocycles. The molecule has 0 unspecified atom stereocenters. The van der Waals surface area contributed by atoms with Gasteiger partial charge < -0.3 is 16.4 Å². The standard InChI is InChI=1S/C19H17ClN6S/c1-10-6-7-14-15(8-10)27-19(25-14)26-18-16(21)17(22-9-23-18)24-13-5-3-4-12(20)11(13)2/h3-9H,21H2,1-2H3,(H2,22,23,24,25,26). The fourth-order valence-corrected chi connectivity index (χ4v) is 3.79. The zero-order valence-electron chi connectivity index (χ0n) is 14.7. The van der Waals surface area contributed by atoms with Crippen LogP contribution in [0.2, 0.25) is 5.02 Å². The van der Waals surface area contributed by atoms with Gasteiger partial charge in [0.2, 0.25) is 0 Å². The average Bonchev–Trinajstić information content (AvgIpc) is 3.03. The number of aromatic nitrogens is 3. The number of benzene rings is 2. The molecule has 0 atom stereocenters. The van der Waals surface area contributed by atoms with E-state index >= 15 is 0 Å². The number of hydrogen-bond acceptors (Lipinski definition) is 7. The molecule has 0 amide bonds. The molecule has 2 heterocycles. The molecule has 0 aliphatic rings. The van der Waals surface area contributed by atoms with Gasteiger partial charge in [-0.1, -0.05) is 35.1 Å². The van der Waals surface area contributed by atoms with E-state index in [-0.39, 0.29) is 0 Å². The minimum Gasteiger partial charge on any atom is -0.393 e. The monoisotopic (exact) mass is 396 g/mol. The largest absolute Gasteiger partial charge is 0.393 e. The highest BCUT2D eigenvalue weighted by molar-refractivity contribution is 7.22. The number of anilines is 5. The summed E-state index contributed by atoms with van der Waals surface area (Å²) in [5, 5.41) is 7.83. The van der Waals surface area contributed by atoms with E-state index in [1.165, 1.54) is 11.9 Å². The van der Waals surface area contributed by atoms with Crippen LogP contribution in [0, 0.1) is 13.8 Å². The number of aryl methyl sites for hydroxylation is 1. The highest BCUT2D eigenvalue weighted by Crippen LogP contribution is 2.33. The van der Waals surface area contributed by atoms with Gasteiger partial charge in [0.05, 0.1) is 10.2 Å². The second kappa shape index (κ2) is 7.02. The number of nitrogens with one attached hydrogen (secondary N) is 2. The molecule has 2 aromatic heterocycles. The molecule has 136 valence electrons. The van der Waals surface area contributed by atoms with E-state index in [0.29, 0.717) is 22.3 Å². The number of hydrogen-bond donors (Lipinski definition) is 3. The highest BCUT2D eigenvalue weighted by Gasteiger charge is 2.12. The Labute approximate surface area is 165 Å². The number of nitrogen functional groups attached to an aromatic ring is 1. The zero-order chi connectivity index (χ0) is 19.0. The van der Waals surface area contributed by atoms with Crippen LogP contribution >= 0.6 is 22.9 Å². The normalized spacial score (nSPS) is 10.9. The van der Waals surface area contributed by atoms with Crippen LogP contribution in [-0.4, -0.2) is 15.0 Å². The number of halogens is 1. The van der Waals surface area contributed by atoms with Gasteiger partial charge in [-0.25, -0.2) is 15.0 Å². The van der Waals surface area contributed by atoms with Crippen LogP contribution in [-0.2, 0) is 0 Å². The minimum absolute atomic E-state index is 0.410. The molecule has 0 aliphatic carbocycles. The van der Waals surface area contributed by atoms with E-state index in [1.807, 2.05) is 37.3 Å². The van der Waals surface area contributed by atoms with Crippen LogP contribution in [0.4, 0.5) is 28.1 Å². The maximum Gasteiger partial charge on any atom is 0.189 e. The van der Waals surface area contributed by atoms with Gasteiger partial charge in [-0.15, -0.1) is 0 Å². The van der Waals surface area contributed by atoms with Crippen LogP contribution in [0.25, 0.3) is 10.2 Å². The third-order valence-electron chi connectivity index (χ3n) is 4.17. The summed E-state index contributed by atoms with van der Waals surface area (Å²) in [6, 6.07) is 11.8. The number of thiazole rings is 1. The summed E-state index contributed by atoms with van der Waals surface area (Å²) >= 11 is 7.74. The van der Waals surface area contributed by atoms with Crippen molar-refractivity contribution < 1.29 is 0 Å². The SMILES string of the molecule is Cc1ccc2nc(Nc3ncnc(Nc4cccc(Cl)c4C)c3N)sc2c1. The predicted molar refractivity (Wildman–Crippen MR) is 114 cm³/mol. The Bertz CT molecular complexity index is 1140. The van der Waals surface area contributed by atoms with Crippen molar-refractivity contribution in [1.82, 2.24) is 15.0 Å². The summed E-state index contributed by atoms with van der Waals surface area (Å²) in [5.74, 6) is 1.01. The Morgan fingerprint density at radius 3 is 2.63 bits per heavy atom. The van der Waals surface area contributed by atoms with E-state index < -0.39 is 0 Å². The first-order valence-corrected chi connectivity index (χ1v) is 9.47. The maximum atomic E-state index is 6.28. The van der Waals surface area contributed by atoms with Crippen molar-refractivity contribution in [2.75, 3.05) is 16.4 Å². The van der Waals surface area contributed by atoms with Crippen molar-refractivity contribution in [3.8, 4) is 0 Å². The van der Waals surface area contributed by atoms with Gasteiger partial charge in [0.25, 0.3) is 0 Å². The van der Waals surface area contributed by atoms with Gasteiger partial charge in [-0.3, -0.25) is 0 Å². The summed E-state index contributed by atoms with van der Waals surface area (Å²) in [7, 11) is 0. The molecule has 0 saturated heterocycles. The molecule has 4 aromatic rings. The van der Waals surface area contributed by atoms with Crippen LogP contribution in [0.5, 0.6) is 0 Å². The third-order valence-corrected chi connectivity index (χ3v) is 5.52. The number of fused-ring (bicyclic) bond motifs is 1. The number of rotatable bonds is 4. The van der Waals surface area contributed by atoms with E-state index in [9.17, 15) is 0 Å². The first-order valence-electron chi connectivity index (χ1n) is 8.28. The second-order valence-corrected chi connectivity index (χ2v) is 7.57. The van der Waals surface area contributed by atoms with Crippen molar-refractivity contribution in [2.24, 2.45) is 0 Å². The van der Waals surface area contributed by atoms with Gasteiger partial charge >= 0.3 is 0 Å². The van der Waals surface area contributed by atoms with E-state index in [0.717, 1.165) is 26.6 Å². The molecular formula is C19H17ClN6S. The molecule has 0 aliphatic heterocycles. The molecule has 6 nitrogen and oxygen atoms in total. The van der Waals surface area contributed by atoms with Gasteiger partial charge in [0, 0.05) is 10.7 Å². The predicted octanol–water partition coefficient (Wildman–Crippen LogP) is 5.43. The summed E-state index contributed by atoms with van der Waals surface area (Å²) in [4.78, 5) is 13.1. The molecule has 0 fully saturated rings. The maximum absolute atomic E-state index is 6.28. The fourth-order valence-electron chi connectivity index (χ4n) is 2.65. The van der Waals surface area contributed by atoms with Crippen LogP contribution < -0.4 is 16.4 Å². The van der Waals surface area contributed by atoms with E-state index in [2.05, 4.69) is 38.6 Å². The lowest BCUT2D eigenvalue weighted by Crippen LogP contribution is -2.05. The lowest BCUT2D eigenvalue weighted by Gasteiger charge is -2.13. The van der Waals surface area contributed by atoms with Crippen LogP contribution in [0.3, 0.4) is 0 Å². The zero-order valence-corrected chi connectivity index (χ0v) is 16.3. The molecule has 0 spiro atoms. The average molecular weight is 397 g/mol. The van der Waals surface area contributed by atoms with E-state index in [4.69, 9.17) is 17.3 Å². The first kappa shape index (κ1) is 17.5. The number of nitrogens with zero attached hydrogens (tertiary/aromatic N) is 3. The summed E-state index contributed by atoms with van der Waals surface area (Å²) < 4.78 is 1.11. The lowest BCUT2D eigenvalue weighted by atomic mass is 10.2. The van der Waals surface area contributed by atoms with Gasteiger partial charge in [0.15, 0.2) is 16.8 Å². The second-order valence-electron chi connectivity index (χ2n) is 6.14. The summed E-state index contributed by atoms with van der Waals surface area (Å²) in [6.07, 6.45) is 1.46. The molecule has 8 heteroatoms. The molecule has 0 radical (unpaired) electrons.